The summed E-state index contributed by atoms with van der Waals surface area (Å²) in [6.07, 6.45) is 4.68. The van der Waals surface area contributed by atoms with E-state index in [2.05, 4.69) is 5.16 Å². The monoisotopic (exact) mass is 240 g/mol. The molecule has 1 aliphatic rings. The second kappa shape index (κ2) is 4.49. The number of carbonyl (C=O) groups is 1. The number of hydrogen-bond acceptors (Lipinski definition) is 4. The van der Waals surface area contributed by atoms with E-state index >= 15 is 0 Å². The molecule has 0 aliphatic carbocycles. The lowest BCUT2D eigenvalue weighted by molar-refractivity contribution is -0.175. The molecule has 1 amide bonds. The van der Waals surface area contributed by atoms with Crippen LogP contribution in [-0.4, -0.2) is 32.6 Å². The van der Waals surface area contributed by atoms with Gasteiger partial charge in [0.25, 0.3) is 5.91 Å². The Kier molecular flexibility index (Phi) is 3.62. The Morgan fingerprint density at radius 2 is 2.06 bits per heavy atom. The lowest BCUT2D eigenvalue weighted by Gasteiger charge is -2.26. The molecule has 1 fully saturated rings. The summed E-state index contributed by atoms with van der Waals surface area (Å²) in [6, 6.07) is 0. The third kappa shape index (κ3) is 1.74. The molecule has 1 heterocycles. The van der Waals surface area contributed by atoms with Crippen molar-refractivity contribution in [2.75, 3.05) is 0 Å². The molecule has 5 heteroatoms. The predicted molar refractivity (Wildman–Crippen MR) is 64.1 cm³/mol. The molecule has 2 N–H and O–H groups in total. The molecule has 0 bridgehead atoms. The Labute approximate surface area is 101 Å². The lowest BCUT2D eigenvalue weighted by Crippen LogP contribution is -2.43. The van der Waals surface area contributed by atoms with Gasteiger partial charge in [0.05, 0.1) is 5.41 Å². The average molecular weight is 240 g/mol. The van der Waals surface area contributed by atoms with Gasteiger partial charge in [0.1, 0.15) is 11.3 Å². The Balaban J connectivity index is 3.36. The Morgan fingerprint density at radius 1 is 1.47 bits per heavy atom. The quantitative estimate of drug-likeness (QED) is 0.344. The van der Waals surface area contributed by atoms with Crippen LogP contribution in [0.5, 0.6) is 0 Å². The van der Waals surface area contributed by atoms with E-state index in [0.29, 0.717) is 11.5 Å². The lowest BCUT2D eigenvalue weighted by atomic mass is 9.77. The van der Waals surface area contributed by atoms with Crippen LogP contribution in [0.1, 0.15) is 40.5 Å². The van der Waals surface area contributed by atoms with E-state index in [1.54, 1.807) is 32.9 Å². The van der Waals surface area contributed by atoms with Gasteiger partial charge in [-0.15, -0.1) is 0 Å². The number of hydrogen-bond donors (Lipinski definition) is 2. The summed E-state index contributed by atoms with van der Waals surface area (Å²) in [4.78, 5) is 12.1. The molecular weight excluding hydrogens is 220 g/mol. The van der Waals surface area contributed by atoms with Crippen molar-refractivity contribution >= 4 is 11.6 Å². The summed E-state index contributed by atoms with van der Waals surface area (Å²) in [5.74, 6) is -0.423. The fourth-order valence-electron chi connectivity index (χ4n) is 2.62. The summed E-state index contributed by atoms with van der Waals surface area (Å²) < 4.78 is 0. The number of amides is 1. The highest BCUT2D eigenvalue weighted by Gasteiger charge is 2.59. The topological polar surface area (TPSA) is 73.1 Å². The van der Waals surface area contributed by atoms with Gasteiger partial charge in [-0.25, -0.2) is 5.06 Å². The van der Waals surface area contributed by atoms with Crippen LogP contribution in [-0.2, 0) is 4.79 Å². The van der Waals surface area contributed by atoms with Gasteiger partial charge in [-0.2, -0.15) is 0 Å². The van der Waals surface area contributed by atoms with Gasteiger partial charge in [0, 0.05) is 0 Å². The zero-order valence-electron chi connectivity index (χ0n) is 10.8. The maximum absolute atomic E-state index is 12.1. The van der Waals surface area contributed by atoms with Gasteiger partial charge in [0.15, 0.2) is 0 Å². The van der Waals surface area contributed by atoms with E-state index in [-0.39, 0.29) is 5.71 Å². The van der Waals surface area contributed by atoms with Crippen molar-refractivity contribution in [3.05, 3.63) is 12.2 Å². The number of hydroxylamine groups is 2. The summed E-state index contributed by atoms with van der Waals surface area (Å²) in [6.45, 7) is 7.08. The molecule has 17 heavy (non-hydrogen) atoms. The summed E-state index contributed by atoms with van der Waals surface area (Å²) in [7, 11) is 0. The van der Waals surface area contributed by atoms with E-state index in [9.17, 15) is 15.2 Å². The molecule has 96 valence electrons. The first-order valence-corrected chi connectivity index (χ1v) is 5.78. The maximum Gasteiger partial charge on any atom is 0.258 e. The molecule has 2 unspecified atom stereocenters. The van der Waals surface area contributed by atoms with Crippen LogP contribution in [0.15, 0.2) is 17.3 Å². The third-order valence-corrected chi connectivity index (χ3v) is 3.45. The smallest absolute Gasteiger partial charge is 0.258 e. The normalized spacial score (nSPS) is 36.4. The molecule has 1 aliphatic heterocycles. The molecule has 0 aromatic carbocycles. The second-order valence-electron chi connectivity index (χ2n) is 4.80. The molecule has 5 nitrogen and oxygen atoms in total. The van der Waals surface area contributed by atoms with Crippen molar-refractivity contribution in [1.29, 1.82) is 0 Å². The molecule has 0 saturated carbocycles. The van der Waals surface area contributed by atoms with E-state index in [1.165, 1.54) is 0 Å². The second-order valence-corrected chi connectivity index (χ2v) is 4.80. The van der Waals surface area contributed by atoms with Crippen LogP contribution < -0.4 is 0 Å². The zero-order chi connectivity index (χ0) is 13.3. The van der Waals surface area contributed by atoms with Crippen LogP contribution >= 0.6 is 0 Å². The first-order valence-electron chi connectivity index (χ1n) is 5.78. The molecule has 0 spiro atoms. The Morgan fingerprint density at radius 3 is 2.47 bits per heavy atom. The van der Waals surface area contributed by atoms with Crippen molar-refractivity contribution in [1.82, 2.24) is 5.06 Å². The fourth-order valence-corrected chi connectivity index (χ4v) is 2.62. The van der Waals surface area contributed by atoms with Gasteiger partial charge in [-0.05, 0) is 27.2 Å². The van der Waals surface area contributed by atoms with Crippen molar-refractivity contribution in [2.24, 2.45) is 10.6 Å². The largest absolute Gasteiger partial charge is 0.411 e. The molecule has 0 aromatic rings. The molecule has 1 rings (SSSR count). The van der Waals surface area contributed by atoms with Crippen LogP contribution in [0.4, 0.5) is 0 Å². The molecule has 2 atom stereocenters. The Bertz CT molecular complexity index is 378. The predicted octanol–water partition coefficient (Wildman–Crippen LogP) is 2.19. The van der Waals surface area contributed by atoms with E-state index in [1.807, 2.05) is 6.92 Å². The summed E-state index contributed by atoms with van der Waals surface area (Å²) in [5, 5.41) is 23.1. The highest BCUT2D eigenvalue weighted by molar-refractivity contribution is 6.19. The number of nitrogens with zero attached hydrogens (tertiary/aromatic N) is 2. The number of carbonyl (C=O) groups excluding carboxylic acids is 1. The molecule has 1 saturated heterocycles. The van der Waals surface area contributed by atoms with Crippen molar-refractivity contribution in [2.45, 2.75) is 46.1 Å². The van der Waals surface area contributed by atoms with Gasteiger partial charge < -0.3 is 5.21 Å². The van der Waals surface area contributed by atoms with E-state index in [4.69, 9.17) is 0 Å². The van der Waals surface area contributed by atoms with E-state index in [0.717, 1.165) is 6.42 Å². The minimum atomic E-state index is -1.06. The van der Waals surface area contributed by atoms with Gasteiger partial charge in [0.2, 0.25) is 0 Å². The van der Waals surface area contributed by atoms with E-state index < -0.39 is 16.9 Å². The minimum Gasteiger partial charge on any atom is -0.411 e. The van der Waals surface area contributed by atoms with Crippen LogP contribution in [0, 0.1) is 5.41 Å². The average Bonchev–Trinajstić information content (AvgIpc) is 2.40. The van der Waals surface area contributed by atoms with Crippen molar-refractivity contribution in [3.8, 4) is 0 Å². The summed E-state index contributed by atoms with van der Waals surface area (Å²) >= 11 is 0. The van der Waals surface area contributed by atoms with Gasteiger partial charge in [-0.1, -0.05) is 30.7 Å². The van der Waals surface area contributed by atoms with Crippen LogP contribution in [0.2, 0.25) is 0 Å². The standard InChI is InChI=1S/C12H20N2O3/c1-5-7-11(3)9(13-16)12(4,8-6-2)14(17)10(11)15/h6,8,16-17H,5,7H2,1-4H3/b8-6-,13-9-. The number of oxime groups is 1. The van der Waals surface area contributed by atoms with Gasteiger partial charge in [-0.3, -0.25) is 10.0 Å². The number of allylic oxidation sites excluding steroid dienone is 1. The highest BCUT2D eigenvalue weighted by Crippen LogP contribution is 2.42. The first kappa shape index (κ1) is 13.7. The van der Waals surface area contributed by atoms with Crippen LogP contribution in [0.25, 0.3) is 0 Å². The van der Waals surface area contributed by atoms with Gasteiger partial charge >= 0.3 is 0 Å². The molecular formula is C12H20N2O3. The number of rotatable bonds is 3. The molecule has 0 aromatic heterocycles. The fraction of sp³-hybridized carbons (Fsp3) is 0.667. The zero-order valence-corrected chi connectivity index (χ0v) is 10.8. The maximum atomic E-state index is 12.1. The third-order valence-electron chi connectivity index (χ3n) is 3.45. The summed E-state index contributed by atoms with van der Waals surface area (Å²) in [5.41, 5.74) is -1.71. The van der Waals surface area contributed by atoms with Crippen molar-refractivity contribution in [3.63, 3.8) is 0 Å². The highest BCUT2D eigenvalue weighted by atomic mass is 16.5. The SMILES string of the molecule is C/C=C\C1(C)/C(=N\O)C(C)(CCC)C(=O)N1O. The Hall–Kier alpha value is -1.36. The van der Waals surface area contributed by atoms with Crippen LogP contribution in [0.3, 0.4) is 0 Å². The van der Waals surface area contributed by atoms with Crippen molar-refractivity contribution < 1.29 is 15.2 Å². The minimum absolute atomic E-state index is 0.289. The molecule has 0 radical (unpaired) electrons. The first-order chi connectivity index (χ1) is 7.88.